The number of nitrogens with zero attached hydrogens (tertiary/aromatic N) is 1. The van der Waals surface area contributed by atoms with Gasteiger partial charge in [0.1, 0.15) is 24.6 Å². The molecule has 1 heterocycles. The zero-order valence-electron chi connectivity index (χ0n) is 15.6. The van der Waals surface area contributed by atoms with E-state index in [-0.39, 0.29) is 5.70 Å². The second-order valence-corrected chi connectivity index (χ2v) is 8.95. The number of benzene rings is 2. The predicted octanol–water partition coefficient (Wildman–Crippen LogP) is 4.19. The third kappa shape index (κ3) is 5.43. The molecule has 30 heavy (non-hydrogen) atoms. The van der Waals surface area contributed by atoms with Crippen molar-refractivity contribution in [2.45, 2.75) is 6.61 Å². The van der Waals surface area contributed by atoms with Crippen LogP contribution < -0.4 is 10.1 Å². The predicted molar refractivity (Wildman–Crippen MR) is 128 cm³/mol. The van der Waals surface area contributed by atoms with Gasteiger partial charge >= 0.3 is 12.0 Å². The molecule has 0 radical (unpaired) electrons. The Bertz CT molecular complexity index is 1020. The summed E-state index contributed by atoms with van der Waals surface area (Å²) in [6.45, 7) is -0.0499. The molecule has 1 N–H and O–H groups in total. The number of nitrogens with one attached hydrogen (secondary N) is 1. The maximum absolute atomic E-state index is 12.4. The molecule has 2 aromatic rings. The van der Waals surface area contributed by atoms with Gasteiger partial charge < -0.3 is 14.8 Å². The highest BCUT2D eigenvalue weighted by Crippen LogP contribution is 2.31. The van der Waals surface area contributed by atoms with Gasteiger partial charge in [0.05, 0.1) is 14.3 Å². The number of carbonyl (C=O) groups excluding carboxylic acids is 3. The van der Waals surface area contributed by atoms with Crippen LogP contribution in [0.25, 0.3) is 6.08 Å². The fourth-order valence-corrected chi connectivity index (χ4v) is 4.87. The Morgan fingerprint density at radius 3 is 2.40 bits per heavy atom. The van der Waals surface area contributed by atoms with Gasteiger partial charge in [-0.05, 0) is 86.7 Å². The number of amides is 3. The van der Waals surface area contributed by atoms with E-state index in [1.807, 2.05) is 36.4 Å². The molecule has 7 nitrogen and oxygen atoms in total. The van der Waals surface area contributed by atoms with Crippen molar-refractivity contribution in [1.82, 2.24) is 10.2 Å². The van der Waals surface area contributed by atoms with E-state index in [1.54, 1.807) is 6.08 Å². The van der Waals surface area contributed by atoms with Gasteiger partial charge in [0, 0.05) is 5.02 Å². The molecule has 0 spiro atoms. The van der Waals surface area contributed by atoms with Crippen molar-refractivity contribution in [3.8, 4) is 5.75 Å². The third-order valence-electron chi connectivity index (χ3n) is 4.11. The normalized spacial score (nSPS) is 14.8. The number of hydrogen-bond donors (Lipinski definition) is 1. The fourth-order valence-electron chi connectivity index (χ4n) is 2.61. The molecule has 3 amide bonds. The summed E-state index contributed by atoms with van der Waals surface area (Å²) in [4.78, 5) is 36.6. The first kappa shape index (κ1) is 22.8. The first-order valence-corrected chi connectivity index (χ1v) is 11.1. The van der Waals surface area contributed by atoms with Gasteiger partial charge in [-0.15, -0.1) is 0 Å². The van der Waals surface area contributed by atoms with Crippen LogP contribution in [0.5, 0.6) is 5.75 Å². The van der Waals surface area contributed by atoms with Crippen molar-refractivity contribution in [2.24, 2.45) is 0 Å². The van der Waals surface area contributed by atoms with Crippen LogP contribution in [0.1, 0.15) is 11.1 Å². The molecule has 10 heteroatoms. The summed E-state index contributed by atoms with van der Waals surface area (Å²) in [5, 5.41) is 3.15. The Hall–Kier alpha value is -1.86. The number of methoxy groups -OCH3 is 1. The molecule has 0 unspecified atom stereocenters. The second-order valence-electron chi connectivity index (χ2n) is 6.18. The minimum absolute atomic E-state index is 0.0883. The number of rotatable bonds is 6. The number of halogens is 3. The van der Waals surface area contributed by atoms with E-state index in [0.29, 0.717) is 17.2 Å². The maximum Gasteiger partial charge on any atom is 0.329 e. The summed E-state index contributed by atoms with van der Waals surface area (Å²) in [5.74, 6) is -0.535. The Morgan fingerprint density at radius 1 is 1.17 bits per heavy atom. The van der Waals surface area contributed by atoms with Crippen molar-refractivity contribution in [3.05, 3.63) is 65.4 Å². The van der Waals surface area contributed by atoms with E-state index in [1.165, 1.54) is 7.11 Å². The van der Waals surface area contributed by atoms with Crippen molar-refractivity contribution in [3.63, 3.8) is 0 Å². The van der Waals surface area contributed by atoms with Crippen LogP contribution in [0.2, 0.25) is 5.02 Å². The minimum Gasteiger partial charge on any atom is -0.487 e. The van der Waals surface area contributed by atoms with E-state index >= 15 is 0 Å². The van der Waals surface area contributed by atoms with Crippen LogP contribution in [0.3, 0.4) is 0 Å². The van der Waals surface area contributed by atoms with Crippen molar-refractivity contribution < 1.29 is 23.9 Å². The van der Waals surface area contributed by atoms with E-state index in [0.717, 1.165) is 23.4 Å². The summed E-state index contributed by atoms with van der Waals surface area (Å²) < 4.78 is 12.2. The van der Waals surface area contributed by atoms with E-state index in [2.05, 4.69) is 55.2 Å². The molecule has 2 aromatic carbocycles. The molecule has 0 atom stereocenters. The van der Waals surface area contributed by atoms with Crippen LogP contribution in [-0.4, -0.2) is 36.5 Å². The van der Waals surface area contributed by atoms with Crippen LogP contribution in [-0.2, 0) is 20.9 Å². The number of hydrogen-bond acceptors (Lipinski definition) is 5. The number of esters is 1. The zero-order chi connectivity index (χ0) is 21.8. The van der Waals surface area contributed by atoms with Gasteiger partial charge in [-0.3, -0.25) is 9.59 Å². The summed E-state index contributed by atoms with van der Waals surface area (Å²) in [6.07, 6.45) is 1.56. The van der Waals surface area contributed by atoms with Crippen molar-refractivity contribution in [2.75, 3.05) is 13.7 Å². The number of carbonyl (C=O) groups is 3. The van der Waals surface area contributed by atoms with E-state index < -0.39 is 24.5 Å². The Morgan fingerprint density at radius 2 is 1.80 bits per heavy atom. The molecule has 0 bridgehead atoms. The average molecular weight is 653 g/mol. The van der Waals surface area contributed by atoms with Gasteiger partial charge in [0.15, 0.2) is 0 Å². The number of imide groups is 1. The molecular weight excluding hydrogens is 637 g/mol. The van der Waals surface area contributed by atoms with E-state index in [4.69, 9.17) is 16.3 Å². The van der Waals surface area contributed by atoms with Gasteiger partial charge in [-0.25, -0.2) is 9.69 Å². The molecular formula is C20H15ClI2N2O5. The summed E-state index contributed by atoms with van der Waals surface area (Å²) >= 11 is 10.2. The lowest BCUT2D eigenvalue weighted by molar-refractivity contribution is -0.143. The smallest absolute Gasteiger partial charge is 0.329 e. The monoisotopic (exact) mass is 652 g/mol. The first-order chi connectivity index (χ1) is 14.3. The van der Waals surface area contributed by atoms with Gasteiger partial charge in [0.2, 0.25) is 0 Å². The number of ether oxygens (including phenoxy) is 2. The van der Waals surface area contributed by atoms with Gasteiger partial charge in [0.25, 0.3) is 5.91 Å². The summed E-state index contributed by atoms with van der Waals surface area (Å²) in [6, 6.07) is 10.4. The highest BCUT2D eigenvalue weighted by atomic mass is 127. The second kappa shape index (κ2) is 9.96. The molecule has 0 aromatic heterocycles. The quantitative estimate of drug-likeness (QED) is 0.219. The lowest BCUT2D eigenvalue weighted by atomic mass is 10.2. The van der Waals surface area contributed by atoms with Crippen LogP contribution >= 0.6 is 56.8 Å². The van der Waals surface area contributed by atoms with Gasteiger partial charge in [-0.1, -0.05) is 23.7 Å². The van der Waals surface area contributed by atoms with Crippen LogP contribution in [0.4, 0.5) is 4.79 Å². The Kier molecular flexibility index (Phi) is 7.58. The Labute approximate surface area is 205 Å². The Balaban J connectivity index is 1.76. The molecule has 156 valence electrons. The minimum atomic E-state index is -0.675. The molecule has 1 saturated heterocycles. The van der Waals surface area contributed by atoms with E-state index in [9.17, 15) is 14.4 Å². The maximum atomic E-state index is 12.4. The summed E-state index contributed by atoms with van der Waals surface area (Å²) in [7, 11) is 1.19. The molecule has 1 fully saturated rings. The lowest BCUT2D eigenvalue weighted by Gasteiger charge is -2.12. The highest BCUT2D eigenvalue weighted by Gasteiger charge is 2.35. The standard InChI is InChI=1S/C20H15ClI2N2O5/c1-29-17(26)9-25-19(27)16(24-20(25)28)8-12-6-14(22)18(15(23)7-12)30-10-11-2-4-13(21)5-3-11/h2-8H,9-10H2,1H3,(H,24,28)/b16-8+. The molecule has 3 rings (SSSR count). The van der Waals surface area contributed by atoms with Crippen molar-refractivity contribution in [1.29, 1.82) is 0 Å². The SMILES string of the molecule is COC(=O)CN1C(=O)N/C(=C/c2cc(I)c(OCc3ccc(Cl)cc3)c(I)c2)C1=O. The fraction of sp³-hybridized carbons (Fsp3) is 0.150. The third-order valence-corrected chi connectivity index (χ3v) is 5.96. The van der Waals surface area contributed by atoms with Crippen LogP contribution in [0.15, 0.2) is 42.1 Å². The highest BCUT2D eigenvalue weighted by molar-refractivity contribution is 14.1. The first-order valence-electron chi connectivity index (χ1n) is 8.56. The lowest BCUT2D eigenvalue weighted by Crippen LogP contribution is -2.36. The molecule has 0 saturated carbocycles. The number of urea groups is 1. The molecule has 0 aliphatic carbocycles. The average Bonchev–Trinajstić information content (AvgIpc) is 2.96. The molecule has 1 aliphatic rings. The van der Waals surface area contributed by atoms with Crippen LogP contribution in [0, 0.1) is 7.14 Å². The molecule has 1 aliphatic heterocycles. The largest absolute Gasteiger partial charge is 0.487 e. The van der Waals surface area contributed by atoms with Gasteiger partial charge in [-0.2, -0.15) is 0 Å². The summed E-state index contributed by atoms with van der Waals surface area (Å²) in [5.41, 5.74) is 1.79. The van der Waals surface area contributed by atoms with Crippen molar-refractivity contribution >= 4 is 80.8 Å². The topological polar surface area (TPSA) is 84.9 Å². The zero-order valence-corrected chi connectivity index (χ0v) is 20.6.